The highest BCUT2D eigenvalue weighted by atomic mass is 35.5. The number of carbonyl (C=O) groups is 2. The van der Waals surface area contributed by atoms with Gasteiger partial charge in [-0.1, -0.05) is 41.9 Å². The van der Waals surface area contributed by atoms with Crippen LogP contribution >= 0.6 is 11.6 Å². The number of halogens is 1. The summed E-state index contributed by atoms with van der Waals surface area (Å²) in [4.78, 5) is 23.1. The smallest absolute Gasteiger partial charge is 0.331 e. The molecule has 0 aliphatic rings. The van der Waals surface area contributed by atoms with E-state index in [1.54, 1.807) is 30.3 Å². The molecule has 0 aromatic heterocycles. The number of esters is 1. The van der Waals surface area contributed by atoms with E-state index in [2.05, 4.69) is 5.32 Å². The summed E-state index contributed by atoms with van der Waals surface area (Å²) in [5.74, 6) is -0.987. The molecule has 0 fully saturated rings. The van der Waals surface area contributed by atoms with Crippen LogP contribution in [0.5, 0.6) is 0 Å². The molecule has 0 unspecified atom stereocenters. The minimum absolute atomic E-state index is 0.347. The molecule has 0 spiro atoms. The molecule has 0 radical (unpaired) electrons. The first-order chi connectivity index (χ1) is 10.6. The quantitative estimate of drug-likeness (QED) is 0.678. The number of hydrogen-bond donors (Lipinski definition) is 1. The zero-order chi connectivity index (χ0) is 15.8. The van der Waals surface area contributed by atoms with Crippen LogP contribution < -0.4 is 5.32 Å². The summed E-state index contributed by atoms with van der Waals surface area (Å²) in [6.07, 6.45) is 2.91. The van der Waals surface area contributed by atoms with Crippen LogP contribution in [-0.2, 0) is 14.3 Å². The molecular weight excluding hydrogens is 302 g/mol. The summed E-state index contributed by atoms with van der Waals surface area (Å²) < 4.78 is 4.86. The number of anilines is 1. The number of nitrogens with one attached hydrogen (secondary N) is 1. The van der Waals surface area contributed by atoms with Crippen molar-refractivity contribution in [1.29, 1.82) is 0 Å². The van der Waals surface area contributed by atoms with Gasteiger partial charge in [-0.2, -0.15) is 0 Å². The van der Waals surface area contributed by atoms with Gasteiger partial charge in [0.2, 0.25) is 0 Å². The Morgan fingerprint density at radius 2 is 1.73 bits per heavy atom. The first kappa shape index (κ1) is 15.8. The molecule has 0 atom stereocenters. The van der Waals surface area contributed by atoms with Crippen LogP contribution in [0.15, 0.2) is 60.7 Å². The van der Waals surface area contributed by atoms with E-state index in [-0.39, 0.29) is 6.61 Å². The van der Waals surface area contributed by atoms with E-state index in [4.69, 9.17) is 16.3 Å². The Hall–Kier alpha value is -2.59. The molecule has 22 heavy (non-hydrogen) atoms. The molecule has 0 aliphatic carbocycles. The van der Waals surface area contributed by atoms with E-state index >= 15 is 0 Å². The second-order valence-corrected chi connectivity index (χ2v) is 4.84. The summed E-state index contributed by atoms with van der Waals surface area (Å²) in [6.45, 7) is -0.347. The van der Waals surface area contributed by atoms with Gasteiger partial charge in [0.05, 0.1) is 0 Å². The fourth-order valence-corrected chi connectivity index (χ4v) is 1.77. The standard InChI is InChI=1S/C17H14ClNO3/c18-14-7-9-15(10-8-14)19-16(20)12-22-17(21)11-6-13-4-2-1-3-5-13/h1-11H,12H2,(H,19,20)/b11-6+. The van der Waals surface area contributed by atoms with E-state index < -0.39 is 11.9 Å². The molecule has 1 N–H and O–H groups in total. The zero-order valence-corrected chi connectivity index (χ0v) is 12.4. The van der Waals surface area contributed by atoms with Crippen LogP contribution in [0.1, 0.15) is 5.56 Å². The van der Waals surface area contributed by atoms with Gasteiger partial charge in [-0.15, -0.1) is 0 Å². The lowest BCUT2D eigenvalue weighted by Gasteiger charge is -2.05. The first-order valence-corrected chi connectivity index (χ1v) is 6.96. The van der Waals surface area contributed by atoms with Gasteiger partial charge in [0, 0.05) is 16.8 Å². The minimum Gasteiger partial charge on any atom is -0.452 e. The Morgan fingerprint density at radius 3 is 2.41 bits per heavy atom. The highest BCUT2D eigenvalue weighted by Crippen LogP contribution is 2.13. The molecule has 4 nitrogen and oxygen atoms in total. The minimum atomic E-state index is -0.574. The maximum absolute atomic E-state index is 11.6. The lowest BCUT2D eigenvalue weighted by Crippen LogP contribution is -2.20. The number of hydrogen-bond acceptors (Lipinski definition) is 3. The molecule has 2 aromatic rings. The third kappa shape index (κ3) is 5.42. The van der Waals surface area contributed by atoms with Crippen LogP contribution in [0.4, 0.5) is 5.69 Å². The highest BCUT2D eigenvalue weighted by molar-refractivity contribution is 6.30. The monoisotopic (exact) mass is 315 g/mol. The van der Waals surface area contributed by atoms with Crippen LogP contribution in [0.25, 0.3) is 6.08 Å². The maximum Gasteiger partial charge on any atom is 0.331 e. The van der Waals surface area contributed by atoms with Crippen molar-refractivity contribution >= 4 is 35.2 Å². The van der Waals surface area contributed by atoms with Crippen molar-refractivity contribution in [2.45, 2.75) is 0 Å². The normalized spacial score (nSPS) is 10.4. The average molecular weight is 316 g/mol. The number of rotatable bonds is 5. The molecule has 0 saturated carbocycles. The second-order valence-electron chi connectivity index (χ2n) is 4.41. The largest absolute Gasteiger partial charge is 0.452 e. The molecule has 2 aromatic carbocycles. The van der Waals surface area contributed by atoms with E-state index in [1.807, 2.05) is 30.3 Å². The molecule has 112 valence electrons. The summed E-state index contributed by atoms with van der Waals surface area (Å²) in [5.41, 5.74) is 1.47. The van der Waals surface area contributed by atoms with Crippen molar-refractivity contribution in [2.24, 2.45) is 0 Å². The fourth-order valence-electron chi connectivity index (χ4n) is 1.64. The number of amides is 1. The molecule has 5 heteroatoms. The van der Waals surface area contributed by atoms with E-state index in [0.29, 0.717) is 10.7 Å². The number of ether oxygens (including phenoxy) is 1. The third-order valence-electron chi connectivity index (χ3n) is 2.68. The lowest BCUT2D eigenvalue weighted by molar-refractivity contribution is -0.142. The highest BCUT2D eigenvalue weighted by Gasteiger charge is 2.05. The Bertz CT molecular complexity index is 666. The summed E-state index contributed by atoms with van der Waals surface area (Å²) in [5, 5.41) is 3.18. The van der Waals surface area contributed by atoms with Crippen molar-refractivity contribution < 1.29 is 14.3 Å². The van der Waals surface area contributed by atoms with Crippen LogP contribution in [0.3, 0.4) is 0 Å². The van der Waals surface area contributed by atoms with Gasteiger partial charge in [0.25, 0.3) is 5.91 Å². The molecular formula is C17H14ClNO3. The summed E-state index contributed by atoms with van der Waals surface area (Å²) >= 11 is 5.75. The zero-order valence-electron chi connectivity index (χ0n) is 11.7. The predicted molar refractivity (Wildman–Crippen MR) is 86.5 cm³/mol. The van der Waals surface area contributed by atoms with Crippen molar-refractivity contribution in [3.63, 3.8) is 0 Å². The van der Waals surface area contributed by atoms with Gasteiger partial charge in [0.15, 0.2) is 6.61 Å². The average Bonchev–Trinajstić information content (AvgIpc) is 2.54. The lowest BCUT2D eigenvalue weighted by atomic mass is 10.2. The first-order valence-electron chi connectivity index (χ1n) is 6.59. The maximum atomic E-state index is 11.6. The van der Waals surface area contributed by atoms with Crippen molar-refractivity contribution in [3.8, 4) is 0 Å². The number of carbonyl (C=O) groups excluding carboxylic acids is 2. The van der Waals surface area contributed by atoms with Crippen LogP contribution in [0, 0.1) is 0 Å². The van der Waals surface area contributed by atoms with Gasteiger partial charge in [-0.3, -0.25) is 4.79 Å². The van der Waals surface area contributed by atoms with Gasteiger partial charge >= 0.3 is 5.97 Å². The Morgan fingerprint density at radius 1 is 1.05 bits per heavy atom. The van der Waals surface area contributed by atoms with Gasteiger partial charge in [-0.05, 0) is 35.9 Å². The van der Waals surface area contributed by atoms with E-state index in [1.165, 1.54) is 6.08 Å². The van der Waals surface area contributed by atoms with Crippen LogP contribution in [-0.4, -0.2) is 18.5 Å². The van der Waals surface area contributed by atoms with E-state index in [9.17, 15) is 9.59 Å². The summed E-state index contributed by atoms with van der Waals surface area (Å²) in [6, 6.07) is 16.0. The van der Waals surface area contributed by atoms with E-state index in [0.717, 1.165) is 5.56 Å². The molecule has 0 heterocycles. The summed E-state index contributed by atoms with van der Waals surface area (Å²) in [7, 11) is 0. The second kappa shape index (κ2) is 8.00. The van der Waals surface area contributed by atoms with Gasteiger partial charge in [-0.25, -0.2) is 4.79 Å². The Kier molecular flexibility index (Phi) is 5.74. The Balaban J connectivity index is 1.77. The third-order valence-corrected chi connectivity index (χ3v) is 2.94. The van der Waals surface area contributed by atoms with Gasteiger partial charge < -0.3 is 10.1 Å². The molecule has 0 aliphatic heterocycles. The topological polar surface area (TPSA) is 55.4 Å². The fraction of sp³-hybridized carbons (Fsp3) is 0.0588. The van der Waals surface area contributed by atoms with Gasteiger partial charge in [0.1, 0.15) is 0 Å². The van der Waals surface area contributed by atoms with Crippen LogP contribution in [0.2, 0.25) is 5.02 Å². The molecule has 0 saturated heterocycles. The molecule has 2 rings (SSSR count). The van der Waals surface area contributed by atoms with Crippen molar-refractivity contribution in [2.75, 3.05) is 11.9 Å². The van der Waals surface area contributed by atoms with Crippen molar-refractivity contribution in [1.82, 2.24) is 0 Å². The van der Waals surface area contributed by atoms with Crippen molar-refractivity contribution in [3.05, 3.63) is 71.3 Å². The molecule has 0 bridgehead atoms. The predicted octanol–water partition coefficient (Wildman–Crippen LogP) is 3.54. The molecule has 1 amide bonds. The number of benzene rings is 2. The SMILES string of the molecule is O=C(COC(=O)/C=C/c1ccccc1)Nc1ccc(Cl)cc1. The Labute approximate surface area is 133 Å².